The summed E-state index contributed by atoms with van der Waals surface area (Å²) in [5.74, 6) is 0.708. The van der Waals surface area contributed by atoms with Gasteiger partial charge < -0.3 is 10.1 Å². The van der Waals surface area contributed by atoms with Crippen LogP contribution in [0.15, 0.2) is 23.1 Å². The predicted molar refractivity (Wildman–Crippen MR) is 84.9 cm³/mol. The average Bonchev–Trinajstić information content (AvgIpc) is 2.37. The van der Waals surface area contributed by atoms with Gasteiger partial charge in [-0.3, -0.25) is 0 Å². The van der Waals surface area contributed by atoms with Gasteiger partial charge in [0, 0.05) is 30.3 Å². The predicted octanol–water partition coefficient (Wildman–Crippen LogP) is 3.87. The molecule has 1 N–H and O–H groups in total. The van der Waals surface area contributed by atoms with Gasteiger partial charge in [0.2, 0.25) is 0 Å². The van der Waals surface area contributed by atoms with Gasteiger partial charge in [-0.25, -0.2) is 0 Å². The van der Waals surface area contributed by atoms with E-state index in [9.17, 15) is 0 Å². The summed E-state index contributed by atoms with van der Waals surface area (Å²) in [6, 6.07) is 6.77. The van der Waals surface area contributed by atoms with Crippen LogP contribution in [-0.4, -0.2) is 25.5 Å². The highest BCUT2D eigenvalue weighted by molar-refractivity contribution is 8.00. The molecule has 3 heteroatoms. The van der Waals surface area contributed by atoms with E-state index in [2.05, 4.69) is 51.2 Å². The van der Waals surface area contributed by atoms with Crippen molar-refractivity contribution in [2.45, 2.75) is 44.4 Å². The lowest BCUT2D eigenvalue weighted by atomic mass is 10.1. The lowest BCUT2D eigenvalue weighted by molar-refractivity contribution is 0.199. The Hall–Kier alpha value is -0.510. The topological polar surface area (TPSA) is 21.3 Å². The lowest BCUT2D eigenvalue weighted by Crippen LogP contribution is -2.18. The summed E-state index contributed by atoms with van der Waals surface area (Å²) in [7, 11) is 1.73. The summed E-state index contributed by atoms with van der Waals surface area (Å²) in [4.78, 5) is 1.40. The van der Waals surface area contributed by atoms with Gasteiger partial charge in [0.15, 0.2) is 0 Å². The number of nitrogens with one attached hydrogen (secondary N) is 1. The quantitative estimate of drug-likeness (QED) is 0.577. The normalized spacial score (nSPS) is 12.9. The van der Waals surface area contributed by atoms with Crippen LogP contribution in [0.2, 0.25) is 0 Å². The van der Waals surface area contributed by atoms with Gasteiger partial charge >= 0.3 is 0 Å². The Morgan fingerprint density at radius 3 is 2.58 bits per heavy atom. The van der Waals surface area contributed by atoms with Crippen molar-refractivity contribution < 1.29 is 4.74 Å². The SMILES string of the molecule is COCCNCc1ccc(SC(C)C(C)C)c(C)c1. The summed E-state index contributed by atoms with van der Waals surface area (Å²) in [5.41, 5.74) is 2.72. The van der Waals surface area contributed by atoms with Crippen LogP contribution >= 0.6 is 11.8 Å². The number of methoxy groups -OCH3 is 1. The smallest absolute Gasteiger partial charge is 0.0587 e. The fourth-order valence-electron chi connectivity index (χ4n) is 1.70. The summed E-state index contributed by atoms with van der Waals surface area (Å²) >= 11 is 1.98. The van der Waals surface area contributed by atoms with Crippen LogP contribution in [-0.2, 0) is 11.3 Å². The van der Waals surface area contributed by atoms with Crippen molar-refractivity contribution in [2.24, 2.45) is 5.92 Å². The Bertz CT molecular complexity index is 379. The number of rotatable bonds is 8. The molecule has 0 saturated carbocycles. The van der Waals surface area contributed by atoms with E-state index >= 15 is 0 Å². The second kappa shape index (κ2) is 8.62. The van der Waals surface area contributed by atoms with E-state index in [0.29, 0.717) is 11.2 Å². The van der Waals surface area contributed by atoms with Crippen LogP contribution in [0.25, 0.3) is 0 Å². The minimum Gasteiger partial charge on any atom is -0.383 e. The highest BCUT2D eigenvalue weighted by atomic mass is 32.2. The molecule has 0 heterocycles. The molecule has 108 valence electrons. The maximum atomic E-state index is 5.02. The van der Waals surface area contributed by atoms with Crippen LogP contribution in [0, 0.1) is 12.8 Å². The molecule has 1 aromatic rings. The van der Waals surface area contributed by atoms with E-state index in [1.165, 1.54) is 16.0 Å². The van der Waals surface area contributed by atoms with Gasteiger partial charge in [0.05, 0.1) is 6.61 Å². The molecule has 0 aromatic heterocycles. The summed E-state index contributed by atoms with van der Waals surface area (Å²) in [6.45, 7) is 11.6. The maximum absolute atomic E-state index is 5.02. The molecular weight excluding hydrogens is 254 g/mol. The zero-order valence-corrected chi connectivity index (χ0v) is 13.6. The van der Waals surface area contributed by atoms with Crippen molar-refractivity contribution in [1.82, 2.24) is 5.32 Å². The van der Waals surface area contributed by atoms with Crippen molar-refractivity contribution in [3.05, 3.63) is 29.3 Å². The third-order valence-electron chi connectivity index (χ3n) is 3.30. The Labute approximate surface area is 122 Å². The molecule has 1 rings (SSSR count). The fraction of sp³-hybridized carbons (Fsp3) is 0.625. The number of thioether (sulfide) groups is 1. The van der Waals surface area contributed by atoms with E-state index in [4.69, 9.17) is 4.74 Å². The number of aryl methyl sites for hydroxylation is 1. The van der Waals surface area contributed by atoms with Crippen molar-refractivity contribution in [3.8, 4) is 0 Å². The minimum atomic E-state index is 0.657. The third kappa shape index (κ3) is 5.98. The van der Waals surface area contributed by atoms with Gasteiger partial charge in [-0.1, -0.05) is 32.9 Å². The van der Waals surface area contributed by atoms with Crippen LogP contribution < -0.4 is 5.32 Å². The number of hydrogen-bond acceptors (Lipinski definition) is 3. The molecule has 0 saturated heterocycles. The molecule has 19 heavy (non-hydrogen) atoms. The van der Waals surface area contributed by atoms with Crippen molar-refractivity contribution in [2.75, 3.05) is 20.3 Å². The van der Waals surface area contributed by atoms with Gasteiger partial charge in [-0.2, -0.15) is 0 Å². The van der Waals surface area contributed by atoms with E-state index in [1.807, 2.05) is 11.8 Å². The van der Waals surface area contributed by atoms with Crippen molar-refractivity contribution >= 4 is 11.8 Å². The third-order valence-corrected chi connectivity index (χ3v) is 4.93. The fourth-order valence-corrected chi connectivity index (χ4v) is 2.76. The minimum absolute atomic E-state index is 0.657. The van der Waals surface area contributed by atoms with Crippen LogP contribution in [0.4, 0.5) is 0 Å². The summed E-state index contributed by atoms with van der Waals surface area (Å²) in [5, 5.41) is 4.03. The monoisotopic (exact) mass is 281 g/mol. The second-order valence-electron chi connectivity index (χ2n) is 5.34. The molecule has 0 bridgehead atoms. The second-order valence-corrected chi connectivity index (χ2v) is 6.76. The lowest BCUT2D eigenvalue weighted by Gasteiger charge is -2.17. The first kappa shape index (κ1) is 16.5. The van der Waals surface area contributed by atoms with E-state index in [0.717, 1.165) is 19.7 Å². The van der Waals surface area contributed by atoms with Crippen LogP contribution in [0.1, 0.15) is 31.9 Å². The van der Waals surface area contributed by atoms with Gasteiger partial charge in [0.1, 0.15) is 0 Å². The molecule has 2 nitrogen and oxygen atoms in total. The zero-order chi connectivity index (χ0) is 14.3. The van der Waals surface area contributed by atoms with Crippen molar-refractivity contribution in [1.29, 1.82) is 0 Å². The Morgan fingerprint density at radius 2 is 2.00 bits per heavy atom. The maximum Gasteiger partial charge on any atom is 0.0587 e. The Kier molecular flexibility index (Phi) is 7.51. The molecule has 0 radical (unpaired) electrons. The number of benzene rings is 1. The van der Waals surface area contributed by atoms with E-state index < -0.39 is 0 Å². The van der Waals surface area contributed by atoms with E-state index in [-0.39, 0.29) is 0 Å². The Balaban J connectivity index is 2.54. The molecule has 1 atom stereocenters. The van der Waals surface area contributed by atoms with Crippen LogP contribution in [0.5, 0.6) is 0 Å². The van der Waals surface area contributed by atoms with Crippen LogP contribution in [0.3, 0.4) is 0 Å². The summed E-state index contributed by atoms with van der Waals surface area (Å²) < 4.78 is 5.02. The Morgan fingerprint density at radius 1 is 1.26 bits per heavy atom. The van der Waals surface area contributed by atoms with Crippen molar-refractivity contribution in [3.63, 3.8) is 0 Å². The van der Waals surface area contributed by atoms with Gasteiger partial charge in [-0.15, -0.1) is 11.8 Å². The average molecular weight is 281 g/mol. The van der Waals surface area contributed by atoms with Gasteiger partial charge in [0.25, 0.3) is 0 Å². The molecule has 0 aliphatic carbocycles. The molecule has 1 aromatic carbocycles. The highest BCUT2D eigenvalue weighted by Gasteiger charge is 2.10. The first-order valence-corrected chi connectivity index (χ1v) is 7.88. The molecule has 1 unspecified atom stereocenters. The molecule has 0 spiro atoms. The first-order valence-electron chi connectivity index (χ1n) is 7.00. The van der Waals surface area contributed by atoms with Gasteiger partial charge in [-0.05, 0) is 30.0 Å². The highest BCUT2D eigenvalue weighted by Crippen LogP contribution is 2.30. The number of ether oxygens (including phenoxy) is 1. The zero-order valence-electron chi connectivity index (χ0n) is 12.8. The largest absolute Gasteiger partial charge is 0.383 e. The molecular formula is C16H27NOS. The molecule has 0 aliphatic heterocycles. The standard InChI is InChI=1S/C16H27NOS/c1-12(2)14(4)19-16-7-6-15(10-13(16)3)11-17-8-9-18-5/h6-7,10,12,14,17H,8-9,11H2,1-5H3. The first-order chi connectivity index (χ1) is 9.04. The number of hydrogen-bond donors (Lipinski definition) is 1. The van der Waals surface area contributed by atoms with E-state index in [1.54, 1.807) is 7.11 Å². The molecule has 0 amide bonds. The molecule has 0 aliphatic rings. The summed E-state index contributed by atoms with van der Waals surface area (Å²) in [6.07, 6.45) is 0. The molecule has 0 fully saturated rings.